The van der Waals surface area contributed by atoms with E-state index in [0.29, 0.717) is 0 Å². The minimum atomic E-state index is 0.793. The maximum absolute atomic E-state index is 5.84. The first-order valence-corrected chi connectivity index (χ1v) is 7.84. The molecular weight excluding hydrogens is 240 g/mol. The van der Waals surface area contributed by atoms with Crippen molar-refractivity contribution in [3.63, 3.8) is 0 Å². The Morgan fingerprint density at radius 3 is 2.94 bits per heavy atom. The number of hydrogen-bond acceptors (Lipinski definition) is 3. The van der Waals surface area contributed by atoms with E-state index in [-0.39, 0.29) is 0 Å². The van der Waals surface area contributed by atoms with Crippen molar-refractivity contribution in [3.05, 3.63) is 23.8 Å². The highest BCUT2D eigenvalue weighted by Gasteiger charge is 2.18. The van der Waals surface area contributed by atoms with Crippen LogP contribution in [0.3, 0.4) is 0 Å². The molecular formula is C15H24N2S. The Balaban J connectivity index is 1.79. The first-order chi connectivity index (χ1) is 8.66. The van der Waals surface area contributed by atoms with E-state index >= 15 is 0 Å². The monoisotopic (exact) mass is 264 g/mol. The van der Waals surface area contributed by atoms with Crippen molar-refractivity contribution in [3.8, 4) is 0 Å². The van der Waals surface area contributed by atoms with Gasteiger partial charge in [-0.2, -0.15) is 0 Å². The lowest BCUT2D eigenvalue weighted by Crippen LogP contribution is -2.36. The van der Waals surface area contributed by atoms with Crippen molar-refractivity contribution >= 4 is 17.4 Å². The van der Waals surface area contributed by atoms with E-state index in [2.05, 4.69) is 31.0 Å². The number of nitrogens with two attached hydrogens (primary N) is 1. The number of nitrogens with zero attached hydrogens (tertiary/aromatic N) is 1. The van der Waals surface area contributed by atoms with Crippen LogP contribution >= 0.6 is 11.8 Å². The standard InChI is InChI=1S/C15H24N2S/c1-12-11-14(6-7-15(12)16)18-10-8-13-5-3-4-9-17(13)2/h6-7,11,13H,3-5,8-10,16H2,1-2H3. The third-order valence-corrected chi connectivity index (χ3v) is 4.91. The van der Waals surface area contributed by atoms with Crippen LogP contribution in [0.5, 0.6) is 0 Å². The molecule has 1 aliphatic heterocycles. The lowest BCUT2D eigenvalue weighted by Gasteiger charge is -2.32. The fourth-order valence-corrected chi connectivity index (χ4v) is 3.61. The minimum Gasteiger partial charge on any atom is -0.399 e. The zero-order valence-electron chi connectivity index (χ0n) is 11.5. The quantitative estimate of drug-likeness (QED) is 0.666. The van der Waals surface area contributed by atoms with Gasteiger partial charge in [-0.1, -0.05) is 6.42 Å². The number of hydrogen-bond donors (Lipinski definition) is 1. The van der Waals surface area contributed by atoms with Crippen molar-refractivity contribution in [1.29, 1.82) is 0 Å². The normalized spacial score (nSPS) is 21.1. The molecule has 100 valence electrons. The maximum Gasteiger partial charge on any atom is 0.0344 e. The highest BCUT2D eigenvalue weighted by atomic mass is 32.2. The molecule has 18 heavy (non-hydrogen) atoms. The SMILES string of the molecule is Cc1cc(SCCC2CCCCN2C)ccc1N. The van der Waals surface area contributed by atoms with Crippen molar-refractivity contribution in [2.75, 3.05) is 25.1 Å². The Hall–Kier alpha value is -0.670. The fraction of sp³-hybridized carbons (Fsp3) is 0.600. The van der Waals surface area contributed by atoms with E-state index in [9.17, 15) is 0 Å². The maximum atomic E-state index is 5.84. The van der Waals surface area contributed by atoms with E-state index in [1.54, 1.807) is 0 Å². The molecule has 0 amide bonds. The Labute approximate surface area is 115 Å². The molecule has 0 saturated carbocycles. The number of likely N-dealkylation sites (tertiary alicyclic amines) is 1. The van der Waals surface area contributed by atoms with Gasteiger partial charge in [0.1, 0.15) is 0 Å². The molecule has 1 unspecified atom stereocenters. The van der Waals surface area contributed by atoms with Crippen molar-refractivity contribution in [2.24, 2.45) is 0 Å². The molecule has 0 spiro atoms. The number of benzene rings is 1. The van der Waals surface area contributed by atoms with Gasteiger partial charge in [0.2, 0.25) is 0 Å². The predicted octanol–water partition coefficient (Wildman–Crippen LogP) is 3.54. The Kier molecular flexibility index (Phi) is 4.95. The van der Waals surface area contributed by atoms with Crippen LogP contribution in [0.4, 0.5) is 5.69 Å². The Morgan fingerprint density at radius 2 is 2.22 bits per heavy atom. The topological polar surface area (TPSA) is 29.3 Å². The van der Waals surface area contributed by atoms with Gasteiger partial charge in [-0.05, 0) is 69.3 Å². The smallest absolute Gasteiger partial charge is 0.0344 e. The highest BCUT2D eigenvalue weighted by molar-refractivity contribution is 7.99. The summed E-state index contributed by atoms with van der Waals surface area (Å²) in [5.74, 6) is 1.21. The molecule has 2 nitrogen and oxygen atoms in total. The van der Waals surface area contributed by atoms with Gasteiger partial charge in [-0.25, -0.2) is 0 Å². The van der Waals surface area contributed by atoms with Gasteiger partial charge < -0.3 is 10.6 Å². The second-order valence-corrected chi connectivity index (χ2v) is 6.45. The van der Waals surface area contributed by atoms with Crippen LogP contribution in [0.15, 0.2) is 23.1 Å². The molecule has 0 radical (unpaired) electrons. The summed E-state index contributed by atoms with van der Waals surface area (Å²) >= 11 is 1.96. The van der Waals surface area contributed by atoms with Crippen LogP contribution in [0, 0.1) is 6.92 Å². The second kappa shape index (κ2) is 6.48. The molecule has 0 aliphatic carbocycles. The van der Waals surface area contributed by atoms with Gasteiger partial charge in [-0.15, -0.1) is 11.8 Å². The predicted molar refractivity (Wildman–Crippen MR) is 81.2 cm³/mol. The van der Waals surface area contributed by atoms with Crippen molar-refractivity contribution in [1.82, 2.24) is 4.90 Å². The number of thioether (sulfide) groups is 1. The van der Waals surface area contributed by atoms with E-state index in [0.717, 1.165) is 11.7 Å². The number of piperidine rings is 1. The molecule has 2 rings (SSSR count). The summed E-state index contributed by atoms with van der Waals surface area (Å²) in [6.45, 7) is 3.35. The van der Waals surface area contributed by atoms with Gasteiger partial charge in [0, 0.05) is 16.6 Å². The van der Waals surface area contributed by atoms with E-state index in [1.807, 2.05) is 17.8 Å². The molecule has 2 N–H and O–H groups in total. The van der Waals surface area contributed by atoms with Gasteiger partial charge in [0.15, 0.2) is 0 Å². The molecule has 3 heteroatoms. The highest BCUT2D eigenvalue weighted by Crippen LogP contribution is 2.25. The Morgan fingerprint density at radius 1 is 1.39 bits per heavy atom. The zero-order chi connectivity index (χ0) is 13.0. The molecule has 1 atom stereocenters. The first kappa shape index (κ1) is 13.8. The van der Waals surface area contributed by atoms with Crippen LogP contribution in [0.1, 0.15) is 31.2 Å². The third kappa shape index (κ3) is 3.66. The lowest BCUT2D eigenvalue weighted by molar-refractivity contribution is 0.182. The first-order valence-electron chi connectivity index (χ1n) is 6.86. The molecule has 1 aromatic rings. The number of anilines is 1. The van der Waals surface area contributed by atoms with Crippen LogP contribution in [0.25, 0.3) is 0 Å². The second-order valence-electron chi connectivity index (χ2n) is 5.29. The van der Waals surface area contributed by atoms with E-state index < -0.39 is 0 Å². The molecule has 0 aromatic heterocycles. The minimum absolute atomic E-state index is 0.793. The molecule has 1 heterocycles. The molecule has 1 aliphatic rings. The van der Waals surface area contributed by atoms with Gasteiger partial charge in [0.05, 0.1) is 0 Å². The number of nitrogen functional groups attached to an aromatic ring is 1. The summed E-state index contributed by atoms with van der Waals surface area (Å²) < 4.78 is 0. The van der Waals surface area contributed by atoms with Crippen LogP contribution < -0.4 is 5.73 Å². The molecule has 1 aromatic carbocycles. The average Bonchev–Trinajstić information content (AvgIpc) is 2.36. The summed E-state index contributed by atoms with van der Waals surface area (Å²) in [5, 5.41) is 0. The third-order valence-electron chi connectivity index (χ3n) is 3.88. The fourth-order valence-electron chi connectivity index (χ4n) is 2.56. The Bertz CT molecular complexity index is 392. The summed E-state index contributed by atoms with van der Waals surface area (Å²) in [6.07, 6.45) is 5.44. The zero-order valence-corrected chi connectivity index (χ0v) is 12.3. The van der Waals surface area contributed by atoms with Crippen LogP contribution in [0.2, 0.25) is 0 Å². The van der Waals surface area contributed by atoms with Gasteiger partial charge >= 0.3 is 0 Å². The molecule has 0 bridgehead atoms. The van der Waals surface area contributed by atoms with Crippen molar-refractivity contribution in [2.45, 2.75) is 43.5 Å². The van der Waals surface area contributed by atoms with Gasteiger partial charge in [-0.3, -0.25) is 0 Å². The average molecular weight is 264 g/mol. The van der Waals surface area contributed by atoms with Crippen molar-refractivity contribution < 1.29 is 0 Å². The van der Waals surface area contributed by atoms with E-state index in [1.165, 1.54) is 48.4 Å². The van der Waals surface area contributed by atoms with Crippen LogP contribution in [-0.2, 0) is 0 Å². The number of aryl methyl sites for hydroxylation is 1. The molecule has 1 saturated heterocycles. The largest absolute Gasteiger partial charge is 0.399 e. The van der Waals surface area contributed by atoms with Crippen LogP contribution in [-0.4, -0.2) is 30.3 Å². The number of rotatable bonds is 4. The summed E-state index contributed by atoms with van der Waals surface area (Å²) in [6, 6.07) is 7.15. The van der Waals surface area contributed by atoms with Gasteiger partial charge in [0.25, 0.3) is 0 Å². The van der Waals surface area contributed by atoms with E-state index in [4.69, 9.17) is 5.73 Å². The summed E-state index contributed by atoms with van der Waals surface area (Å²) in [4.78, 5) is 3.87. The lowest BCUT2D eigenvalue weighted by atomic mass is 10.0. The summed E-state index contributed by atoms with van der Waals surface area (Å²) in [5.41, 5.74) is 7.92. The molecule has 1 fully saturated rings. The summed E-state index contributed by atoms with van der Waals surface area (Å²) in [7, 11) is 2.27.